The van der Waals surface area contributed by atoms with E-state index in [9.17, 15) is 0 Å². The monoisotopic (exact) mass is 228 g/mol. The summed E-state index contributed by atoms with van der Waals surface area (Å²) in [6.45, 7) is 6.76. The quantitative estimate of drug-likeness (QED) is 0.745. The average molecular weight is 228 g/mol. The lowest BCUT2D eigenvalue weighted by atomic mass is 9.88. The number of rotatable bonds is 3. The van der Waals surface area contributed by atoms with Crippen LogP contribution in [0.3, 0.4) is 0 Å². The predicted molar refractivity (Wildman–Crippen MR) is 73.8 cm³/mol. The van der Waals surface area contributed by atoms with Crippen LogP contribution in [-0.4, -0.2) is 7.11 Å². The van der Waals surface area contributed by atoms with Gasteiger partial charge >= 0.3 is 0 Å². The fourth-order valence-electron chi connectivity index (χ4n) is 2.21. The van der Waals surface area contributed by atoms with E-state index in [1.54, 1.807) is 7.11 Å². The highest BCUT2D eigenvalue weighted by Crippen LogP contribution is 2.36. The SMILES string of the molecule is COc1c(C(C)C(C)C)ccc2ccccc12. The van der Waals surface area contributed by atoms with Crippen molar-refractivity contribution in [3.63, 3.8) is 0 Å². The van der Waals surface area contributed by atoms with Gasteiger partial charge in [0.2, 0.25) is 0 Å². The Morgan fingerprint density at radius 2 is 1.65 bits per heavy atom. The van der Waals surface area contributed by atoms with Gasteiger partial charge in [0.1, 0.15) is 5.75 Å². The zero-order chi connectivity index (χ0) is 12.4. The lowest BCUT2D eigenvalue weighted by Gasteiger charge is -2.20. The van der Waals surface area contributed by atoms with E-state index in [0.717, 1.165) is 5.75 Å². The van der Waals surface area contributed by atoms with Crippen molar-refractivity contribution in [1.82, 2.24) is 0 Å². The molecule has 0 amide bonds. The fourth-order valence-corrected chi connectivity index (χ4v) is 2.21. The van der Waals surface area contributed by atoms with Crippen molar-refractivity contribution in [2.24, 2.45) is 5.92 Å². The summed E-state index contributed by atoms with van der Waals surface area (Å²) in [4.78, 5) is 0. The largest absolute Gasteiger partial charge is 0.496 e. The van der Waals surface area contributed by atoms with Crippen LogP contribution in [0.15, 0.2) is 36.4 Å². The first-order valence-corrected chi connectivity index (χ1v) is 6.20. The van der Waals surface area contributed by atoms with Gasteiger partial charge in [0.25, 0.3) is 0 Å². The number of methoxy groups -OCH3 is 1. The molecule has 2 rings (SSSR count). The highest BCUT2D eigenvalue weighted by molar-refractivity contribution is 5.89. The predicted octanol–water partition coefficient (Wildman–Crippen LogP) is 4.61. The highest BCUT2D eigenvalue weighted by Gasteiger charge is 2.16. The van der Waals surface area contributed by atoms with Gasteiger partial charge in [-0.1, -0.05) is 57.2 Å². The maximum atomic E-state index is 5.63. The third-order valence-corrected chi connectivity index (χ3v) is 3.60. The Balaban J connectivity index is 2.65. The minimum atomic E-state index is 0.509. The van der Waals surface area contributed by atoms with E-state index in [1.165, 1.54) is 16.3 Å². The Hall–Kier alpha value is -1.50. The molecule has 0 aliphatic carbocycles. The summed E-state index contributed by atoms with van der Waals surface area (Å²) < 4.78 is 5.63. The number of benzene rings is 2. The average Bonchev–Trinajstić information content (AvgIpc) is 2.36. The molecule has 0 fully saturated rings. The molecule has 90 valence electrons. The third-order valence-electron chi connectivity index (χ3n) is 3.60. The molecule has 0 bridgehead atoms. The van der Waals surface area contributed by atoms with Crippen molar-refractivity contribution >= 4 is 10.8 Å². The van der Waals surface area contributed by atoms with Gasteiger partial charge in [0.05, 0.1) is 7.11 Å². The van der Waals surface area contributed by atoms with Crippen molar-refractivity contribution in [2.45, 2.75) is 26.7 Å². The van der Waals surface area contributed by atoms with Crippen molar-refractivity contribution in [2.75, 3.05) is 7.11 Å². The number of fused-ring (bicyclic) bond motifs is 1. The Labute approximate surface area is 103 Å². The molecule has 0 radical (unpaired) electrons. The van der Waals surface area contributed by atoms with Crippen molar-refractivity contribution in [3.8, 4) is 5.75 Å². The Morgan fingerprint density at radius 1 is 0.941 bits per heavy atom. The Kier molecular flexibility index (Phi) is 3.37. The molecule has 0 saturated carbocycles. The maximum Gasteiger partial charge on any atom is 0.130 e. The van der Waals surface area contributed by atoms with Crippen LogP contribution in [0.4, 0.5) is 0 Å². The van der Waals surface area contributed by atoms with Gasteiger partial charge in [-0.2, -0.15) is 0 Å². The third kappa shape index (κ3) is 2.14. The molecule has 0 aliphatic rings. The van der Waals surface area contributed by atoms with Gasteiger partial charge in [-0.15, -0.1) is 0 Å². The molecule has 17 heavy (non-hydrogen) atoms. The number of ether oxygens (including phenoxy) is 1. The fraction of sp³-hybridized carbons (Fsp3) is 0.375. The van der Waals surface area contributed by atoms with Crippen LogP contribution in [0.2, 0.25) is 0 Å². The summed E-state index contributed by atoms with van der Waals surface area (Å²) >= 11 is 0. The van der Waals surface area contributed by atoms with E-state index in [4.69, 9.17) is 4.74 Å². The minimum absolute atomic E-state index is 0.509. The maximum absolute atomic E-state index is 5.63. The van der Waals surface area contributed by atoms with Crippen LogP contribution >= 0.6 is 0 Å². The van der Waals surface area contributed by atoms with Gasteiger partial charge in [0.15, 0.2) is 0 Å². The second-order valence-electron chi connectivity index (χ2n) is 4.94. The Bertz CT molecular complexity index is 514. The molecule has 0 aliphatic heterocycles. The summed E-state index contributed by atoms with van der Waals surface area (Å²) in [5, 5.41) is 2.45. The summed E-state index contributed by atoms with van der Waals surface area (Å²) in [6, 6.07) is 12.8. The smallest absolute Gasteiger partial charge is 0.130 e. The van der Waals surface area contributed by atoms with Gasteiger partial charge in [-0.25, -0.2) is 0 Å². The lowest BCUT2D eigenvalue weighted by molar-refractivity contribution is 0.404. The first-order valence-electron chi connectivity index (χ1n) is 6.20. The summed E-state index contributed by atoms with van der Waals surface area (Å²) in [7, 11) is 1.76. The van der Waals surface area contributed by atoms with Crippen molar-refractivity contribution in [3.05, 3.63) is 42.0 Å². The van der Waals surface area contributed by atoms with Gasteiger partial charge in [-0.3, -0.25) is 0 Å². The summed E-state index contributed by atoms with van der Waals surface area (Å²) in [6.07, 6.45) is 0. The molecule has 1 heteroatoms. The molecule has 0 spiro atoms. The molecular weight excluding hydrogens is 208 g/mol. The van der Waals surface area contributed by atoms with Crippen LogP contribution in [-0.2, 0) is 0 Å². The number of hydrogen-bond donors (Lipinski definition) is 0. The van der Waals surface area contributed by atoms with Crippen molar-refractivity contribution in [1.29, 1.82) is 0 Å². The molecular formula is C16H20O. The Morgan fingerprint density at radius 3 is 2.29 bits per heavy atom. The van der Waals surface area contributed by atoms with E-state index in [2.05, 4.69) is 57.2 Å². The molecule has 1 nitrogen and oxygen atoms in total. The molecule has 0 aromatic heterocycles. The minimum Gasteiger partial charge on any atom is -0.496 e. The lowest BCUT2D eigenvalue weighted by Crippen LogP contribution is -2.04. The molecule has 1 unspecified atom stereocenters. The van der Waals surface area contributed by atoms with E-state index in [-0.39, 0.29) is 0 Å². The first kappa shape index (κ1) is 12.0. The van der Waals surface area contributed by atoms with Crippen molar-refractivity contribution < 1.29 is 4.74 Å². The van der Waals surface area contributed by atoms with Gasteiger partial charge < -0.3 is 4.74 Å². The van der Waals surface area contributed by atoms with Crippen LogP contribution in [0.25, 0.3) is 10.8 Å². The zero-order valence-corrected chi connectivity index (χ0v) is 11.0. The standard InChI is InChI=1S/C16H20O/c1-11(2)12(3)14-10-9-13-7-5-6-8-15(13)16(14)17-4/h5-12H,1-4H3. The second kappa shape index (κ2) is 4.79. The molecule has 2 aromatic rings. The molecule has 1 atom stereocenters. The second-order valence-corrected chi connectivity index (χ2v) is 4.94. The highest BCUT2D eigenvalue weighted by atomic mass is 16.5. The van der Waals surface area contributed by atoms with Crippen LogP contribution < -0.4 is 4.74 Å². The van der Waals surface area contributed by atoms with Crippen LogP contribution in [0.5, 0.6) is 5.75 Å². The van der Waals surface area contributed by atoms with Crippen LogP contribution in [0.1, 0.15) is 32.3 Å². The van der Waals surface area contributed by atoms with Gasteiger partial charge in [-0.05, 0) is 22.8 Å². The zero-order valence-electron chi connectivity index (χ0n) is 11.0. The molecule has 0 N–H and O–H groups in total. The number of hydrogen-bond acceptors (Lipinski definition) is 1. The van der Waals surface area contributed by atoms with E-state index in [0.29, 0.717) is 11.8 Å². The van der Waals surface area contributed by atoms with Gasteiger partial charge in [0, 0.05) is 5.39 Å². The molecule has 0 saturated heterocycles. The van der Waals surface area contributed by atoms with E-state index in [1.807, 2.05) is 0 Å². The van der Waals surface area contributed by atoms with Crippen LogP contribution in [0, 0.1) is 5.92 Å². The summed E-state index contributed by atoms with van der Waals surface area (Å²) in [5.74, 6) is 2.16. The van der Waals surface area contributed by atoms with E-state index < -0.39 is 0 Å². The first-order chi connectivity index (χ1) is 8.15. The van der Waals surface area contributed by atoms with E-state index >= 15 is 0 Å². The molecule has 2 aromatic carbocycles. The molecule has 0 heterocycles. The normalized spacial score (nSPS) is 13.0. The summed E-state index contributed by atoms with van der Waals surface area (Å²) in [5.41, 5.74) is 1.31. The topological polar surface area (TPSA) is 9.23 Å².